The zero-order valence-corrected chi connectivity index (χ0v) is 13.4. The van der Waals surface area contributed by atoms with Gasteiger partial charge in [-0.05, 0) is 48.7 Å². The van der Waals surface area contributed by atoms with Crippen molar-refractivity contribution in [1.82, 2.24) is 5.43 Å². The number of carboxylic acids is 1. The Morgan fingerprint density at radius 1 is 1.17 bits per heavy atom. The second-order valence-corrected chi connectivity index (χ2v) is 5.28. The number of carbonyl (C=O) groups is 2. The van der Waals surface area contributed by atoms with Crippen molar-refractivity contribution in [3.05, 3.63) is 64.7 Å². The van der Waals surface area contributed by atoms with E-state index in [4.69, 9.17) is 9.84 Å². The van der Waals surface area contributed by atoms with Crippen molar-refractivity contribution in [2.75, 3.05) is 6.61 Å². The quantitative estimate of drug-likeness (QED) is 0.631. The fourth-order valence-electron chi connectivity index (χ4n) is 1.93. The van der Waals surface area contributed by atoms with Crippen LogP contribution in [0.4, 0.5) is 0 Å². The number of aryl methyl sites for hydroxylation is 2. The van der Waals surface area contributed by atoms with Gasteiger partial charge in [-0.1, -0.05) is 24.3 Å². The van der Waals surface area contributed by atoms with Crippen molar-refractivity contribution in [3.8, 4) is 5.75 Å². The lowest BCUT2D eigenvalue weighted by molar-refractivity contribution is -0.123. The summed E-state index contributed by atoms with van der Waals surface area (Å²) in [5.74, 6) is -0.705. The van der Waals surface area contributed by atoms with Crippen LogP contribution < -0.4 is 10.2 Å². The van der Waals surface area contributed by atoms with E-state index < -0.39 is 5.97 Å². The number of nitrogens with one attached hydrogen (secondary N) is 1. The Balaban J connectivity index is 1.84. The summed E-state index contributed by atoms with van der Waals surface area (Å²) < 4.78 is 5.47. The van der Waals surface area contributed by atoms with Gasteiger partial charge in [0, 0.05) is 0 Å². The van der Waals surface area contributed by atoms with Gasteiger partial charge in [-0.15, -0.1) is 0 Å². The monoisotopic (exact) mass is 326 g/mol. The van der Waals surface area contributed by atoms with Gasteiger partial charge < -0.3 is 9.84 Å². The number of carbonyl (C=O) groups excluding carboxylic acids is 1. The molecule has 2 N–H and O–H groups in total. The summed E-state index contributed by atoms with van der Waals surface area (Å²) in [6, 6.07) is 11.9. The van der Waals surface area contributed by atoms with Crippen LogP contribution in [-0.4, -0.2) is 29.8 Å². The average molecular weight is 326 g/mol. The Morgan fingerprint density at radius 2 is 1.88 bits per heavy atom. The Bertz CT molecular complexity index is 767. The molecule has 6 heteroatoms. The van der Waals surface area contributed by atoms with Gasteiger partial charge >= 0.3 is 5.97 Å². The molecule has 6 nitrogen and oxygen atoms in total. The summed E-state index contributed by atoms with van der Waals surface area (Å²) in [6.45, 7) is 3.72. The molecule has 0 unspecified atom stereocenters. The highest BCUT2D eigenvalue weighted by atomic mass is 16.5. The number of nitrogens with zero attached hydrogens (tertiary/aromatic N) is 1. The SMILES string of the molecule is Cc1ccc(C)c(OCC(=O)N/N=C/c2ccc(C(=O)O)cc2)c1. The maximum Gasteiger partial charge on any atom is 0.335 e. The standard InChI is InChI=1S/C18H18N2O4/c1-12-3-4-13(2)16(9-12)24-11-17(21)20-19-10-14-5-7-15(8-6-14)18(22)23/h3-10H,11H2,1-2H3,(H,20,21)(H,22,23)/b19-10+. The normalized spacial score (nSPS) is 10.6. The van der Waals surface area contributed by atoms with E-state index >= 15 is 0 Å². The lowest BCUT2D eigenvalue weighted by atomic mass is 10.1. The van der Waals surface area contributed by atoms with E-state index in [9.17, 15) is 9.59 Å². The highest BCUT2D eigenvalue weighted by molar-refractivity contribution is 5.89. The number of amides is 1. The molecular formula is C18H18N2O4. The number of carboxylic acid groups (broad SMARTS) is 1. The van der Waals surface area contributed by atoms with Gasteiger partial charge in [0.1, 0.15) is 5.75 Å². The molecule has 124 valence electrons. The third-order valence-electron chi connectivity index (χ3n) is 3.26. The summed E-state index contributed by atoms with van der Waals surface area (Å²) in [4.78, 5) is 22.5. The number of rotatable bonds is 6. The summed E-state index contributed by atoms with van der Waals surface area (Å²) in [5.41, 5.74) is 5.24. The highest BCUT2D eigenvalue weighted by Crippen LogP contribution is 2.18. The topological polar surface area (TPSA) is 88.0 Å². The summed E-state index contributed by atoms with van der Waals surface area (Å²) in [7, 11) is 0. The van der Waals surface area contributed by atoms with Crippen LogP contribution in [0, 0.1) is 13.8 Å². The van der Waals surface area contributed by atoms with Crippen molar-refractivity contribution >= 4 is 18.1 Å². The number of ether oxygens (including phenoxy) is 1. The van der Waals surface area contributed by atoms with E-state index in [1.54, 1.807) is 12.1 Å². The minimum atomic E-state index is -0.990. The van der Waals surface area contributed by atoms with Crippen LogP contribution in [0.5, 0.6) is 5.75 Å². The van der Waals surface area contributed by atoms with Crippen LogP contribution >= 0.6 is 0 Å². The predicted octanol–water partition coefficient (Wildman–Crippen LogP) is 2.53. The average Bonchev–Trinajstić information content (AvgIpc) is 2.56. The van der Waals surface area contributed by atoms with Gasteiger partial charge in [-0.25, -0.2) is 10.2 Å². The van der Waals surface area contributed by atoms with E-state index in [1.807, 2.05) is 32.0 Å². The number of hydrogen-bond donors (Lipinski definition) is 2. The van der Waals surface area contributed by atoms with Crippen LogP contribution in [-0.2, 0) is 4.79 Å². The number of aromatic carboxylic acids is 1. The lowest BCUT2D eigenvalue weighted by Gasteiger charge is -2.08. The molecule has 1 amide bonds. The molecule has 0 radical (unpaired) electrons. The first-order valence-electron chi connectivity index (χ1n) is 7.31. The summed E-state index contributed by atoms with van der Waals surface area (Å²) in [6.07, 6.45) is 1.43. The second kappa shape index (κ2) is 7.92. The van der Waals surface area contributed by atoms with Gasteiger partial charge in [0.25, 0.3) is 5.91 Å². The molecule has 0 aliphatic rings. The Kier molecular flexibility index (Phi) is 5.68. The first kappa shape index (κ1) is 17.2. The Hall–Kier alpha value is -3.15. The van der Waals surface area contributed by atoms with Gasteiger partial charge in [0.15, 0.2) is 6.61 Å². The summed E-state index contributed by atoms with van der Waals surface area (Å²) in [5, 5.41) is 12.6. The zero-order valence-electron chi connectivity index (χ0n) is 13.4. The minimum absolute atomic E-state index is 0.139. The van der Waals surface area contributed by atoms with Crippen LogP contribution in [0.2, 0.25) is 0 Å². The molecule has 0 saturated heterocycles. The molecule has 0 aliphatic heterocycles. The summed E-state index contributed by atoms with van der Waals surface area (Å²) >= 11 is 0. The van der Waals surface area contributed by atoms with Crippen LogP contribution in [0.25, 0.3) is 0 Å². The van der Waals surface area contributed by atoms with Crippen LogP contribution in [0.1, 0.15) is 27.0 Å². The third kappa shape index (κ3) is 4.95. The Morgan fingerprint density at radius 3 is 2.54 bits per heavy atom. The maximum absolute atomic E-state index is 11.7. The first-order chi connectivity index (χ1) is 11.5. The van der Waals surface area contributed by atoms with E-state index in [2.05, 4.69) is 10.5 Å². The van der Waals surface area contributed by atoms with E-state index in [1.165, 1.54) is 18.3 Å². The molecule has 0 saturated carbocycles. The van der Waals surface area contributed by atoms with Crippen molar-refractivity contribution in [2.45, 2.75) is 13.8 Å². The largest absolute Gasteiger partial charge is 0.483 e. The van der Waals surface area contributed by atoms with Crippen molar-refractivity contribution < 1.29 is 19.4 Å². The van der Waals surface area contributed by atoms with E-state index in [-0.39, 0.29) is 18.1 Å². The van der Waals surface area contributed by atoms with Crippen molar-refractivity contribution in [3.63, 3.8) is 0 Å². The predicted molar refractivity (Wildman–Crippen MR) is 90.5 cm³/mol. The zero-order chi connectivity index (χ0) is 17.5. The number of hydrazone groups is 1. The minimum Gasteiger partial charge on any atom is -0.483 e. The number of hydrogen-bond acceptors (Lipinski definition) is 4. The third-order valence-corrected chi connectivity index (χ3v) is 3.26. The van der Waals surface area contributed by atoms with Crippen LogP contribution in [0.15, 0.2) is 47.6 Å². The molecule has 0 aromatic heterocycles. The Labute approximate surface area is 139 Å². The molecule has 24 heavy (non-hydrogen) atoms. The molecule has 0 bridgehead atoms. The van der Waals surface area contributed by atoms with Gasteiger partial charge in [-0.3, -0.25) is 4.79 Å². The molecule has 0 atom stereocenters. The molecule has 0 aliphatic carbocycles. The number of benzene rings is 2. The molecule has 0 heterocycles. The fraction of sp³-hybridized carbons (Fsp3) is 0.167. The molecule has 2 aromatic rings. The lowest BCUT2D eigenvalue weighted by Crippen LogP contribution is -2.24. The highest BCUT2D eigenvalue weighted by Gasteiger charge is 2.04. The fourth-order valence-corrected chi connectivity index (χ4v) is 1.93. The molecule has 0 spiro atoms. The van der Waals surface area contributed by atoms with Gasteiger partial charge in [0.2, 0.25) is 0 Å². The second-order valence-electron chi connectivity index (χ2n) is 5.28. The van der Waals surface area contributed by atoms with E-state index in [0.29, 0.717) is 11.3 Å². The van der Waals surface area contributed by atoms with Crippen LogP contribution in [0.3, 0.4) is 0 Å². The smallest absolute Gasteiger partial charge is 0.335 e. The molecule has 2 aromatic carbocycles. The molecule has 2 rings (SSSR count). The van der Waals surface area contributed by atoms with Crippen molar-refractivity contribution in [1.29, 1.82) is 0 Å². The van der Waals surface area contributed by atoms with Crippen molar-refractivity contribution in [2.24, 2.45) is 5.10 Å². The molecular weight excluding hydrogens is 308 g/mol. The van der Waals surface area contributed by atoms with Gasteiger partial charge in [-0.2, -0.15) is 5.10 Å². The maximum atomic E-state index is 11.7. The molecule has 0 fully saturated rings. The van der Waals surface area contributed by atoms with Gasteiger partial charge in [0.05, 0.1) is 11.8 Å². The van der Waals surface area contributed by atoms with E-state index in [0.717, 1.165) is 11.1 Å². The first-order valence-corrected chi connectivity index (χ1v) is 7.31.